The first-order valence-electron chi connectivity index (χ1n) is 8.83. The first kappa shape index (κ1) is 20.0. The molecule has 3 N–H and O–H groups in total. The highest BCUT2D eigenvalue weighted by Gasteiger charge is 2.29. The second-order valence-corrected chi connectivity index (χ2v) is 9.56. The van der Waals surface area contributed by atoms with Gasteiger partial charge in [0.05, 0.1) is 11.0 Å². The average molecular weight is 409 g/mol. The van der Waals surface area contributed by atoms with Gasteiger partial charge in [-0.2, -0.15) is 0 Å². The number of aliphatic hydroxyl groups excluding tert-OH is 1. The van der Waals surface area contributed by atoms with Gasteiger partial charge in [-0.05, 0) is 67.3 Å². The number of primary sulfonamides is 1. The maximum atomic E-state index is 12.9. The summed E-state index contributed by atoms with van der Waals surface area (Å²) in [5.41, 5.74) is 1.61. The molecule has 1 aliphatic rings. The van der Waals surface area contributed by atoms with Gasteiger partial charge in [0, 0.05) is 23.5 Å². The quantitative estimate of drug-likeness (QED) is 0.812. The molecule has 1 aromatic carbocycles. The molecule has 3 rings (SSSR count). The highest BCUT2D eigenvalue weighted by atomic mass is 32.2. The Morgan fingerprint density at radius 2 is 1.96 bits per heavy atom. The summed E-state index contributed by atoms with van der Waals surface area (Å²) in [5, 5.41) is 17.7. The van der Waals surface area contributed by atoms with Crippen LogP contribution in [0.5, 0.6) is 0 Å². The van der Waals surface area contributed by atoms with Crippen molar-refractivity contribution < 1.29 is 18.3 Å². The van der Waals surface area contributed by atoms with E-state index in [0.717, 1.165) is 4.88 Å². The van der Waals surface area contributed by atoms with E-state index in [-0.39, 0.29) is 16.7 Å². The number of carbonyl (C=O) groups is 1. The lowest BCUT2D eigenvalue weighted by atomic mass is 9.90. The fraction of sp³-hybridized carbons (Fsp3) is 0.421. The molecule has 0 bridgehead atoms. The summed E-state index contributed by atoms with van der Waals surface area (Å²) < 4.78 is 23.6. The summed E-state index contributed by atoms with van der Waals surface area (Å²) in [5.74, 6) is -0.0838. The Balaban J connectivity index is 1.74. The minimum atomic E-state index is -3.89. The molecule has 6 nitrogen and oxygen atoms in total. The summed E-state index contributed by atoms with van der Waals surface area (Å²) in [6.45, 7) is 4.51. The monoisotopic (exact) mass is 408 g/mol. The van der Waals surface area contributed by atoms with Crippen molar-refractivity contribution >= 4 is 27.3 Å². The number of aryl methyl sites for hydroxylation is 1. The van der Waals surface area contributed by atoms with Crippen molar-refractivity contribution in [2.45, 2.75) is 37.7 Å². The Hall–Kier alpha value is -1.74. The number of amides is 1. The van der Waals surface area contributed by atoms with E-state index in [0.29, 0.717) is 42.6 Å². The van der Waals surface area contributed by atoms with E-state index in [1.165, 1.54) is 17.4 Å². The summed E-state index contributed by atoms with van der Waals surface area (Å²) in [7, 11) is -3.89. The number of carbonyl (C=O) groups excluding carboxylic acids is 1. The van der Waals surface area contributed by atoms with Crippen LogP contribution in [0.25, 0.3) is 0 Å². The van der Waals surface area contributed by atoms with Gasteiger partial charge in [0.25, 0.3) is 5.91 Å². The van der Waals surface area contributed by atoms with E-state index < -0.39 is 16.1 Å². The summed E-state index contributed by atoms with van der Waals surface area (Å²) in [4.78, 5) is 15.5. The predicted molar refractivity (Wildman–Crippen MR) is 105 cm³/mol. The molecule has 146 valence electrons. The number of likely N-dealkylation sites (tertiary alicyclic amines) is 1. The van der Waals surface area contributed by atoms with Crippen LogP contribution in [-0.4, -0.2) is 37.4 Å². The Kier molecular flexibility index (Phi) is 5.71. The molecule has 0 spiro atoms. The van der Waals surface area contributed by atoms with Crippen molar-refractivity contribution in [1.82, 2.24) is 4.90 Å². The number of nitrogens with zero attached hydrogens (tertiary/aromatic N) is 1. The van der Waals surface area contributed by atoms with Gasteiger partial charge in [-0.25, -0.2) is 13.6 Å². The zero-order chi connectivity index (χ0) is 19.8. The van der Waals surface area contributed by atoms with E-state index in [4.69, 9.17) is 5.14 Å². The zero-order valence-corrected chi connectivity index (χ0v) is 17.0. The lowest BCUT2D eigenvalue weighted by Gasteiger charge is -2.34. The Morgan fingerprint density at radius 3 is 2.52 bits per heavy atom. The van der Waals surface area contributed by atoms with Crippen molar-refractivity contribution in [3.63, 3.8) is 0 Å². The molecule has 1 unspecified atom stereocenters. The molecule has 1 fully saturated rings. The number of hydrogen-bond acceptors (Lipinski definition) is 5. The summed E-state index contributed by atoms with van der Waals surface area (Å²) in [6, 6.07) is 6.92. The molecular weight excluding hydrogens is 384 g/mol. The molecule has 1 amide bonds. The number of aliphatic hydroxyl groups is 1. The van der Waals surface area contributed by atoms with Gasteiger partial charge < -0.3 is 10.0 Å². The van der Waals surface area contributed by atoms with Gasteiger partial charge in [-0.1, -0.05) is 6.07 Å². The molecular formula is C19H24N2O4S2. The van der Waals surface area contributed by atoms with Gasteiger partial charge >= 0.3 is 0 Å². The van der Waals surface area contributed by atoms with E-state index in [1.54, 1.807) is 24.8 Å². The maximum absolute atomic E-state index is 12.9. The maximum Gasteiger partial charge on any atom is 0.253 e. The molecule has 1 saturated heterocycles. The van der Waals surface area contributed by atoms with Gasteiger partial charge in [0.15, 0.2) is 0 Å². The lowest BCUT2D eigenvalue weighted by Crippen LogP contribution is -2.39. The predicted octanol–water partition coefficient (Wildman–Crippen LogP) is 2.60. The van der Waals surface area contributed by atoms with Gasteiger partial charge in [0.2, 0.25) is 10.0 Å². The lowest BCUT2D eigenvalue weighted by molar-refractivity contribution is 0.0474. The molecule has 2 heterocycles. The topological polar surface area (TPSA) is 101 Å². The van der Waals surface area contributed by atoms with Crippen LogP contribution in [0.15, 0.2) is 34.5 Å². The van der Waals surface area contributed by atoms with Crippen molar-refractivity contribution in [2.24, 2.45) is 11.1 Å². The van der Waals surface area contributed by atoms with Crippen LogP contribution in [0.4, 0.5) is 0 Å². The molecule has 0 radical (unpaired) electrons. The summed E-state index contributed by atoms with van der Waals surface area (Å²) in [6.07, 6.45) is 0.910. The molecule has 0 aliphatic carbocycles. The molecule has 2 aromatic rings. The van der Waals surface area contributed by atoms with E-state index in [9.17, 15) is 18.3 Å². The van der Waals surface area contributed by atoms with E-state index in [2.05, 4.69) is 0 Å². The number of hydrogen-bond donors (Lipinski definition) is 2. The van der Waals surface area contributed by atoms with Crippen molar-refractivity contribution in [3.05, 3.63) is 51.2 Å². The van der Waals surface area contributed by atoms with Crippen LogP contribution in [0.2, 0.25) is 0 Å². The first-order chi connectivity index (χ1) is 12.7. The number of rotatable bonds is 4. The number of sulfonamides is 1. The zero-order valence-electron chi connectivity index (χ0n) is 15.4. The van der Waals surface area contributed by atoms with Crippen LogP contribution in [-0.2, 0) is 10.0 Å². The average Bonchev–Trinajstić information content (AvgIpc) is 3.16. The van der Waals surface area contributed by atoms with Gasteiger partial charge in [0.1, 0.15) is 0 Å². The number of thiophene rings is 1. The Morgan fingerprint density at radius 1 is 1.30 bits per heavy atom. The van der Waals surface area contributed by atoms with Crippen LogP contribution >= 0.6 is 11.3 Å². The van der Waals surface area contributed by atoms with E-state index in [1.807, 2.05) is 17.5 Å². The molecule has 27 heavy (non-hydrogen) atoms. The second kappa shape index (κ2) is 7.71. The summed E-state index contributed by atoms with van der Waals surface area (Å²) >= 11 is 1.54. The fourth-order valence-electron chi connectivity index (χ4n) is 3.54. The SMILES string of the molecule is Cc1cc(C(=O)N2CCC(C(O)c3cccs3)CC2)cc(S(N)(=O)=O)c1C. The highest BCUT2D eigenvalue weighted by molar-refractivity contribution is 7.89. The largest absolute Gasteiger partial charge is 0.387 e. The van der Waals surface area contributed by atoms with Crippen LogP contribution < -0.4 is 5.14 Å². The Labute approximate surface area is 163 Å². The molecule has 1 aliphatic heterocycles. The van der Waals surface area contributed by atoms with Gasteiger partial charge in [-0.15, -0.1) is 11.3 Å². The van der Waals surface area contributed by atoms with Crippen molar-refractivity contribution in [1.29, 1.82) is 0 Å². The Bertz CT molecular complexity index is 931. The number of piperidine rings is 1. The number of nitrogens with two attached hydrogens (primary N) is 1. The van der Waals surface area contributed by atoms with Crippen molar-refractivity contribution in [3.8, 4) is 0 Å². The van der Waals surface area contributed by atoms with Crippen LogP contribution in [0, 0.1) is 19.8 Å². The van der Waals surface area contributed by atoms with E-state index >= 15 is 0 Å². The second-order valence-electron chi connectivity index (χ2n) is 7.05. The minimum Gasteiger partial charge on any atom is -0.387 e. The van der Waals surface area contributed by atoms with Gasteiger partial charge in [-0.3, -0.25) is 4.79 Å². The van der Waals surface area contributed by atoms with Crippen LogP contribution in [0.3, 0.4) is 0 Å². The smallest absolute Gasteiger partial charge is 0.253 e. The standard InChI is InChI=1S/C19H24N2O4S2/c1-12-10-15(11-17(13(12)2)27(20,24)25)19(23)21-7-5-14(6-8-21)18(22)16-4-3-9-26-16/h3-4,9-11,14,18,22H,5-8H2,1-2H3,(H2,20,24,25). The first-order valence-corrected chi connectivity index (χ1v) is 11.3. The minimum absolute atomic E-state index is 0.00569. The number of benzene rings is 1. The van der Waals surface area contributed by atoms with Crippen LogP contribution in [0.1, 0.15) is 45.3 Å². The molecule has 1 atom stereocenters. The fourth-order valence-corrected chi connectivity index (χ4v) is 5.22. The molecule has 8 heteroatoms. The molecule has 1 aromatic heterocycles. The third-order valence-corrected chi connectivity index (χ3v) is 7.26. The third-order valence-electron chi connectivity index (χ3n) is 5.28. The normalized spacial score (nSPS) is 17.1. The highest BCUT2D eigenvalue weighted by Crippen LogP contribution is 2.33. The molecule has 0 saturated carbocycles. The van der Waals surface area contributed by atoms with Crippen molar-refractivity contribution in [2.75, 3.05) is 13.1 Å². The third kappa shape index (κ3) is 4.24.